The van der Waals surface area contributed by atoms with Gasteiger partial charge in [-0.2, -0.15) is 0 Å². The highest BCUT2D eigenvalue weighted by Crippen LogP contribution is 2.22. The van der Waals surface area contributed by atoms with Gasteiger partial charge in [0, 0.05) is 192 Å². The van der Waals surface area contributed by atoms with Crippen LogP contribution in [0.1, 0.15) is 217 Å². The van der Waals surface area contributed by atoms with Gasteiger partial charge in [0.2, 0.25) is 0 Å². The van der Waals surface area contributed by atoms with Gasteiger partial charge in [0.1, 0.15) is 52.4 Å². The third-order valence-electron chi connectivity index (χ3n) is 26.3. The average molecular weight is 2430 g/mol. The van der Waals surface area contributed by atoms with Crippen molar-refractivity contribution < 1.29 is 172 Å². The minimum absolute atomic E-state index is 0. The lowest BCUT2D eigenvalue weighted by Gasteiger charge is -2.09. The molecule has 0 unspecified atom stereocenters. The molecule has 16 rings (SSSR count). The zero-order valence-electron chi connectivity index (χ0n) is 85.6. The number of rotatable bonds is 36. The minimum atomic E-state index is 0. The largest absolute Gasteiger partial charge is 1.00 e. The number of unbranched alkanes of at least 4 members (excludes halogenated alkanes) is 12. The van der Waals surface area contributed by atoms with Gasteiger partial charge in [-0.05, 0) is 247 Å². The van der Waals surface area contributed by atoms with E-state index < -0.39 is 0 Å². The second-order valence-corrected chi connectivity index (χ2v) is 36.9. The number of fused-ring (bicyclic) bond motifs is 4. The quantitative estimate of drug-likeness (QED) is 0.0321. The first-order valence-corrected chi connectivity index (χ1v) is 50.4. The van der Waals surface area contributed by atoms with E-state index in [1.54, 1.807) is 22.3 Å². The Kier molecular flexibility index (Phi) is 60.6. The summed E-state index contributed by atoms with van der Waals surface area (Å²) in [4.78, 5) is 0. The molecule has 16 heteroatoms. The third kappa shape index (κ3) is 42.9. The van der Waals surface area contributed by atoms with Crippen molar-refractivity contribution in [2.75, 3.05) is 0 Å². The van der Waals surface area contributed by atoms with Crippen LogP contribution in [-0.2, 0) is 78.0 Å². The van der Waals surface area contributed by atoms with Crippen molar-refractivity contribution >= 4 is 43.1 Å². The molecule has 0 saturated carbocycles. The fourth-order valence-electron chi connectivity index (χ4n) is 17.4. The van der Waals surface area contributed by atoms with E-state index >= 15 is 0 Å². The van der Waals surface area contributed by atoms with E-state index in [2.05, 4.69) is 457 Å². The van der Waals surface area contributed by atoms with Crippen molar-refractivity contribution in [3.8, 4) is 47.4 Å². The summed E-state index contributed by atoms with van der Waals surface area (Å²) in [6.07, 6.45) is 63.1. The van der Waals surface area contributed by atoms with Gasteiger partial charge in [-0.3, -0.25) is 0 Å². The van der Waals surface area contributed by atoms with Crippen LogP contribution in [0.3, 0.4) is 0 Å². The van der Waals surface area contributed by atoms with Crippen molar-refractivity contribution in [2.24, 2.45) is 0 Å². The Labute approximate surface area is 946 Å². The van der Waals surface area contributed by atoms with Crippen LogP contribution in [0.15, 0.2) is 342 Å². The molecular formula is C128H144Br8N8. The standard InChI is InChI=1S/C34H38N2.C34H30N2.C30H42N2.C30H34N2.8BrH/c2*1(11-23-35-25-21-31-17-7-9-19-33(31)27-35)3-13-29-15-5-6-16-30(29)14-4-2-12-24-36-26-22-32-18-8-10-20-34(32)28-36;2*1-25-17-21-31(23-27(25)3)19-11-5-7-13-29-15-9-10-16-30(29)14-8-6-12-20-32-22-18-26(2)28(4)24-32;;;;;;;;/h5-10,15-22,25-28H,1-4,11-14,23-24H2;5-10,15-22,25-28H,1-2,11-12,23-24H2;9-10,15-18,21-24H,5-8,11-14,19-20H2,1-4H3;9-10,15-18,21-24H,5-6,11-12,19-20H2,1-4H3;8*1H/q4*+2;;;;;;;;/p-8. The van der Waals surface area contributed by atoms with E-state index in [9.17, 15) is 0 Å². The summed E-state index contributed by atoms with van der Waals surface area (Å²) in [5, 5.41) is 10.4. The van der Waals surface area contributed by atoms with Crippen LogP contribution in [0.4, 0.5) is 0 Å². The van der Waals surface area contributed by atoms with Crippen molar-refractivity contribution in [3.05, 3.63) is 431 Å². The van der Waals surface area contributed by atoms with Crippen molar-refractivity contribution in [3.63, 3.8) is 0 Å². The van der Waals surface area contributed by atoms with Crippen molar-refractivity contribution in [1.29, 1.82) is 0 Å². The summed E-state index contributed by atoms with van der Waals surface area (Å²) in [6.45, 7) is 25.8. The van der Waals surface area contributed by atoms with Crippen LogP contribution >= 0.6 is 0 Å². The zero-order chi connectivity index (χ0) is 94.4. The third-order valence-corrected chi connectivity index (χ3v) is 26.3. The van der Waals surface area contributed by atoms with E-state index in [1.807, 2.05) is 24.3 Å². The first-order valence-electron chi connectivity index (χ1n) is 50.4. The van der Waals surface area contributed by atoms with Crippen LogP contribution in [0.2, 0.25) is 0 Å². The van der Waals surface area contributed by atoms with Crippen LogP contribution < -0.4 is 172 Å². The number of hydrogen-bond acceptors (Lipinski definition) is 0. The highest BCUT2D eigenvalue weighted by Gasteiger charge is 2.14. The maximum atomic E-state index is 3.35. The number of pyridine rings is 8. The van der Waals surface area contributed by atoms with Gasteiger partial charge in [0.25, 0.3) is 0 Å². The Balaban J connectivity index is 0.000000332. The highest BCUT2D eigenvalue weighted by molar-refractivity contribution is 5.82. The number of halogens is 8. The maximum Gasteiger partial charge on any atom is 0.176 e. The maximum absolute atomic E-state index is 3.35. The molecule has 0 bridgehead atoms. The van der Waals surface area contributed by atoms with E-state index in [0.29, 0.717) is 0 Å². The molecule has 0 amide bonds. The molecule has 752 valence electrons. The summed E-state index contributed by atoms with van der Waals surface area (Å²) in [5.41, 5.74) is 21.2. The molecule has 0 radical (unpaired) electrons. The number of nitrogens with zero attached hydrogens (tertiary/aromatic N) is 8. The van der Waals surface area contributed by atoms with Gasteiger partial charge in [0.15, 0.2) is 99.1 Å². The molecule has 0 aliphatic carbocycles. The Morgan fingerprint density at radius 2 is 0.333 bits per heavy atom. The van der Waals surface area contributed by atoms with E-state index in [1.165, 1.54) is 190 Å². The average Bonchev–Trinajstić information content (AvgIpc) is 0.844. The lowest BCUT2D eigenvalue weighted by molar-refractivity contribution is -0.697. The highest BCUT2D eigenvalue weighted by atomic mass is 79.9. The number of benzene rings is 8. The molecule has 16 aromatic rings. The molecule has 0 spiro atoms. The van der Waals surface area contributed by atoms with Gasteiger partial charge < -0.3 is 136 Å². The number of aromatic nitrogens is 8. The summed E-state index contributed by atoms with van der Waals surface area (Å²) >= 11 is 0. The molecule has 144 heavy (non-hydrogen) atoms. The molecule has 8 aromatic heterocycles. The van der Waals surface area contributed by atoms with Crippen LogP contribution in [0.25, 0.3) is 43.1 Å². The molecule has 0 N–H and O–H groups in total. The summed E-state index contributed by atoms with van der Waals surface area (Å²) in [7, 11) is 0. The van der Waals surface area contributed by atoms with Crippen molar-refractivity contribution in [1.82, 2.24) is 0 Å². The van der Waals surface area contributed by atoms with Gasteiger partial charge in [0.05, 0.1) is 0 Å². The SMILES string of the molecule is C(#Cc1ccccc1C#CCCC[n+]1ccc2ccccc2c1)CCC[n+]1ccc2ccccc2c1.Cc1cc[n+](CCCC#Cc2ccccc2C#CCCC[n+]2ccc(C)c(C)c2)cc1C.Cc1cc[n+](CCCCCc2ccccc2CCCCC[n+]2ccc(C)c(C)c2)cc1C.[Br-].[Br-].[Br-].[Br-].[Br-].[Br-].[Br-].[Br-].c1ccc(CCCCC[n+]2ccc3ccccc3c2)c(CCCCC[n+]2ccc3ccccc3c2)c1. The van der Waals surface area contributed by atoms with Crippen LogP contribution in [0.5, 0.6) is 0 Å². The molecule has 0 fully saturated rings. The lowest BCUT2D eigenvalue weighted by atomic mass is 9.97. The lowest BCUT2D eigenvalue weighted by Crippen LogP contribution is -3.00. The van der Waals surface area contributed by atoms with E-state index in [4.69, 9.17) is 0 Å². The Hall–Kier alpha value is -9.92. The molecule has 0 saturated heterocycles. The van der Waals surface area contributed by atoms with Gasteiger partial charge in [-0.1, -0.05) is 193 Å². The van der Waals surface area contributed by atoms with E-state index in [0.717, 1.165) is 126 Å². The van der Waals surface area contributed by atoms with Gasteiger partial charge in [-0.15, -0.1) is 0 Å². The minimum Gasteiger partial charge on any atom is -1.00 e. The Bertz CT molecular complexity index is 6450. The first kappa shape index (κ1) is 125. The molecule has 8 nitrogen and oxygen atoms in total. The smallest absolute Gasteiger partial charge is 0.176 e. The van der Waals surface area contributed by atoms with E-state index in [-0.39, 0.29) is 136 Å². The number of hydrogen-bond donors (Lipinski definition) is 0. The van der Waals surface area contributed by atoms with Crippen LogP contribution in [-0.4, -0.2) is 0 Å². The van der Waals surface area contributed by atoms with Crippen LogP contribution in [0, 0.1) is 103 Å². The second-order valence-electron chi connectivity index (χ2n) is 36.9. The van der Waals surface area contributed by atoms with Crippen molar-refractivity contribution in [2.45, 2.75) is 262 Å². The Morgan fingerprint density at radius 3 is 0.542 bits per heavy atom. The normalized spacial score (nSPS) is 10.2. The number of aryl methyl sites for hydroxylation is 20. The zero-order valence-corrected chi connectivity index (χ0v) is 98.2. The first-order chi connectivity index (χ1) is 66.7. The molecule has 0 aliphatic rings. The van der Waals surface area contributed by atoms with Gasteiger partial charge >= 0.3 is 0 Å². The second kappa shape index (κ2) is 70.0. The monoisotopic (exact) mass is 2420 g/mol. The molecule has 8 aromatic carbocycles. The summed E-state index contributed by atoms with van der Waals surface area (Å²) in [6, 6.07) is 86.4. The Morgan fingerprint density at radius 1 is 0.160 bits per heavy atom. The predicted octanol–water partition coefficient (Wildman–Crippen LogP) is 1.14. The fourth-order valence-corrected chi connectivity index (χ4v) is 17.4. The molecular weight excluding hydrogens is 2290 g/mol. The summed E-state index contributed by atoms with van der Waals surface area (Å²) in [5.74, 6) is 26.7. The van der Waals surface area contributed by atoms with Gasteiger partial charge in [-0.25, -0.2) is 36.5 Å². The fraction of sp³-hybridized carbons (Fsp3) is 0.312. The summed E-state index contributed by atoms with van der Waals surface area (Å²) < 4.78 is 18.4. The topological polar surface area (TPSA) is 31.0 Å². The predicted molar refractivity (Wildman–Crippen MR) is 561 cm³/mol. The molecule has 0 aliphatic heterocycles. The molecule has 8 heterocycles. The molecule has 0 atom stereocenters.